The Morgan fingerprint density at radius 2 is 0.514 bits per heavy atom. The fourth-order valence-corrected chi connectivity index (χ4v) is 12.2. The second-order valence-corrected chi connectivity index (χ2v) is 19.8. The van der Waals surface area contributed by atoms with Gasteiger partial charge in [-0.15, -0.1) is 22.7 Å². The van der Waals surface area contributed by atoms with Crippen molar-refractivity contribution in [3.05, 3.63) is 267 Å². The number of hydrogen-bond acceptors (Lipinski definition) is 4. The van der Waals surface area contributed by atoms with Crippen LogP contribution in [0.4, 0.5) is 34.1 Å². The molecular formula is C66H44N2S2. The third-order valence-corrected chi connectivity index (χ3v) is 15.8. The van der Waals surface area contributed by atoms with Crippen LogP contribution >= 0.6 is 22.7 Å². The lowest BCUT2D eigenvalue weighted by atomic mass is 9.92. The third kappa shape index (κ3) is 7.61. The minimum absolute atomic E-state index is 1.05. The number of hydrogen-bond donors (Lipinski definition) is 0. The van der Waals surface area contributed by atoms with Crippen molar-refractivity contribution in [1.82, 2.24) is 0 Å². The fraction of sp³-hybridized carbons (Fsp3) is 0. The van der Waals surface area contributed by atoms with Gasteiger partial charge in [0, 0.05) is 63.1 Å². The summed E-state index contributed by atoms with van der Waals surface area (Å²) in [7, 11) is 0. The third-order valence-electron chi connectivity index (χ3n) is 13.5. The molecule has 0 saturated carbocycles. The van der Waals surface area contributed by atoms with Crippen molar-refractivity contribution < 1.29 is 0 Å². The van der Waals surface area contributed by atoms with E-state index in [2.05, 4.69) is 277 Å². The standard InChI is InChI=1S/C66H44N2S2/c1-5-17-45(18-6-1)47-29-33-51(34-30-47)67(53-37-39-65-59(41-53)55-25-13-15-27-63(55)69-65)61-43-57(49-21-9-3-10-22-49)58(50-23-11-4-12-24-50)44-62(61)68(52-35-31-48(32-36-52)46-19-7-2-8-20-46)54-38-40-66-60(42-54)56-26-14-16-28-64(56)70-66/h1-44H. The van der Waals surface area contributed by atoms with Gasteiger partial charge in [0.25, 0.3) is 0 Å². The van der Waals surface area contributed by atoms with Crippen LogP contribution in [0.3, 0.4) is 0 Å². The van der Waals surface area contributed by atoms with Gasteiger partial charge in [-0.1, -0.05) is 182 Å². The van der Waals surface area contributed by atoms with Gasteiger partial charge in [-0.3, -0.25) is 0 Å². The molecule has 0 aliphatic heterocycles. The molecule has 13 aromatic rings. The molecular weight excluding hydrogens is 885 g/mol. The number of thiophene rings is 2. The molecule has 13 rings (SSSR count). The van der Waals surface area contributed by atoms with Crippen LogP contribution in [0, 0.1) is 0 Å². The van der Waals surface area contributed by atoms with Gasteiger partial charge in [0.15, 0.2) is 0 Å². The summed E-state index contributed by atoms with van der Waals surface area (Å²) in [5.74, 6) is 0. The van der Waals surface area contributed by atoms with E-state index in [9.17, 15) is 0 Å². The molecule has 0 spiro atoms. The monoisotopic (exact) mass is 928 g/mol. The Balaban J connectivity index is 1.13. The van der Waals surface area contributed by atoms with Crippen molar-refractivity contribution in [2.75, 3.05) is 9.80 Å². The minimum atomic E-state index is 1.05. The molecule has 0 atom stereocenters. The van der Waals surface area contributed by atoms with Crippen molar-refractivity contribution in [3.8, 4) is 44.5 Å². The molecule has 70 heavy (non-hydrogen) atoms. The first-order valence-corrected chi connectivity index (χ1v) is 25.4. The maximum absolute atomic E-state index is 2.49. The molecule has 0 unspecified atom stereocenters. The van der Waals surface area contributed by atoms with E-state index in [4.69, 9.17) is 0 Å². The quantitative estimate of drug-likeness (QED) is 0.135. The Morgan fingerprint density at radius 3 is 0.900 bits per heavy atom. The van der Waals surface area contributed by atoms with Gasteiger partial charge >= 0.3 is 0 Å². The molecule has 0 aliphatic rings. The van der Waals surface area contributed by atoms with Crippen LogP contribution < -0.4 is 9.80 Å². The summed E-state index contributed by atoms with van der Waals surface area (Å²) in [6.07, 6.45) is 0. The Hall–Kier alpha value is -8.54. The lowest BCUT2D eigenvalue weighted by Crippen LogP contribution is -2.17. The van der Waals surface area contributed by atoms with Crippen molar-refractivity contribution in [2.24, 2.45) is 0 Å². The summed E-state index contributed by atoms with van der Waals surface area (Å²) in [6, 6.07) is 97.8. The van der Waals surface area contributed by atoms with Gasteiger partial charge in [0.2, 0.25) is 0 Å². The zero-order chi connectivity index (χ0) is 46.4. The summed E-state index contributed by atoms with van der Waals surface area (Å²) in [6.45, 7) is 0. The maximum atomic E-state index is 2.49. The van der Waals surface area contributed by atoms with E-state index >= 15 is 0 Å². The normalized spacial score (nSPS) is 11.4. The summed E-state index contributed by atoms with van der Waals surface area (Å²) in [5.41, 5.74) is 15.7. The molecule has 2 heterocycles. The van der Waals surface area contributed by atoms with E-state index < -0.39 is 0 Å². The molecule has 11 aromatic carbocycles. The SMILES string of the molecule is c1ccc(-c2ccc(N(c3ccc4sc5ccccc5c4c3)c3cc(-c4ccccc4)c(-c4ccccc4)cc3N(c3ccc(-c4ccccc4)cc3)c3ccc4sc5ccccc5c4c3)cc2)cc1. The van der Waals surface area contributed by atoms with Crippen molar-refractivity contribution >= 4 is 97.1 Å². The lowest BCUT2D eigenvalue weighted by molar-refractivity contribution is 1.23. The Bertz CT molecular complexity index is 3710. The van der Waals surface area contributed by atoms with E-state index in [-0.39, 0.29) is 0 Å². The van der Waals surface area contributed by atoms with Gasteiger partial charge in [0.1, 0.15) is 0 Å². The van der Waals surface area contributed by atoms with E-state index in [1.807, 2.05) is 22.7 Å². The first kappa shape index (κ1) is 41.6. The van der Waals surface area contributed by atoms with Gasteiger partial charge in [-0.2, -0.15) is 0 Å². The zero-order valence-corrected chi connectivity index (χ0v) is 39.7. The van der Waals surface area contributed by atoms with Crippen LogP contribution in [0.5, 0.6) is 0 Å². The molecule has 4 heteroatoms. The molecule has 0 amide bonds. The van der Waals surface area contributed by atoms with Crippen molar-refractivity contribution in [3.63, 3.8) is 0 Å². The molecule has 0 radical (unpaired) electrons. The van der Waals surface area contributed by atoms with Gasteiger partial charge in [-0.25, -0.2) is 0 Å². The molecule has 0 aliphatic carbocycles. The lowest BCUT2D eigenvalue weighted by Gasteiger charge is -2.34. The molecule has 330 valence electrons. The Morgan fingerprint density at radius 1 is 0.214 bits per heavy atom. The number of anilines is 6. The zero-order valence-electron chi connectivity index (χ0n) is 38.1. The van der Waals surface area contributed by atoms with E-state index in [0.29, 0.717) is 0 Å². The number of fused-ring (bicyclic) bond motifs is 6. The number of nitrogens with zero attached hydrogens (tertiary/aromatic N) is 2. The van der Waals surface area contributed by atoms with Crippen LogP contribution in [-0.2, 0) is 0 Å². The molecule has 2 nitrogen and oxygen atoms in total. The predicted molar refractivity (Wildman–Crippen MR) is 303 cm³/mol. The second-order valence-electron chi connectivity index (χ2n) is 17.7. The average Bonchev–Trinajstić information content (AvgIpc) is 4.00. The first-order valence-electron chi connectivity index (χ1n) is 23.7. The fourth-order valence-electron chi connectivity index (χ4n) is 10.1. The topological polar surface area (TPSA) is 6.48 Å². The summed E-state index contributed by atoms with van der Waals surface area (Å²) in [5, 5.41) is 5.03. The maximum Gasteiger partial charge on any atom is 0.0709 e. The van der Waals surface area contributed by atoms with E-state index in [0.717, 1.165) is 56.4 Å². The second kappa shape index (κ2) is 17.8. The number of rotatable bonds is 10. The van der Waals surface area contributed by atoms with Crippen molar-refractivity contribution in [2.45, 2.75) is 0 Å². The van der Waals surface area contributed by atoms with Crippen LogP contribution in [0.1, 0.15) is 0 Å². The number of benzene rings is 11. The van der Waals surface area contributed by atoms with Crippen LogP contribution in [-0.4, -0.2) is 0 Å². The predicted octanol–water partition coefficient (Wildman–Crippen LogP) is 20.0. The largest absolute Gasteiger partial charge is 0.308 e. The summed E-state index contributed by atoms with van der Waals surface area (Å²) < 4.78 is 5.11. The Labute approximate surface area is 415 Å². The van der Waals surface area contributed by atoms with Gasteiger partial charge in [0.05, 0.1) is 11.4 Å². The molecule has 0 fully saturated rings. The smallest absolute Gasteiger partial charge is 0.0709 e. The van der Waals surface area contributed by atoms with Crippen molar-refractivity contribution in [1.29, 1.82) is 0 Å². The van der Waals surface area contributed by atoms with Crippen LogP contribution in [0.2, 0.25) is 0 Å². The van der Waals surface area contributed by atoms with Crippen LogP contribution in [0.25, 0.3) is 84.9 Å². The highest BCUT2D eigenvalue weighted by molar-refractivity contribution is 7.26. The van der Waals surface area contributed by atoms with E-state index in [1.165, 1.54) is 62.6 Å². The molecule has 0 N–H and O–H groups in total. The first-order chi connectivity index (χ1) is 34.7. The van der Waals surface area contributed by atoms with E-state index in [1.54, 1.807) is 0 Å². The molecule has 2 aromatic heterocycles. The van der Waals surface area contributed by atoms with Gasteiger partial charge < -0.3 is 9.80 Å². The van der Waals surface area contributed by atoms with Gasteiger partial charge in [-0.05, 0) is 129 Å². The summed E-state index contributed by atoms with van der Waals surface area (Å²) in [4.78, 5) is 4.97. The highest BCUT2D eigenvalue weighted by Gasteiger charge is 2.27. The minimum Gasteiger partial charge on any atom is -0.308 e. The summed E-state index contributed by atoms with van der Waals surface area (Å²) >= 11 is 3.70. The average molecular weight is 929 g/mol. The highest BCUT2D eigenvalue weighted by atomic mass is 32.1. The molecule has 0 saturated heterocycles. The highest BCUT2D eigenvalue weighted by Crippen LogP contribution is 2.52. The molecule has 0 bridgehead atoms. The van der Waals surface area contributed by atoms with Crippen LogP contribution in [0.15, 0.2) is 267 Å². The Kier molecular flexibility index (Phi) is 10.6.